The summed E-state index contributed by atoms with van der Waals surface area (Å²) in [6.45, 7) is 15.7. The predicted octanol–water partition coefficient (Wildman–Crippen LogP) is 5.15. The Labute approximate surface area is 228 Å². The molecule has 5 rings (SSSR count). The third-order valence-corrected chi connectivity index (χ3v) is 8.37. The number of rotatable bonds is 6. The van der Waals surface area contributed by atoms with Gasteiger partial charge in [0.25, 0.3) is 5.56 Å². The summed E-state index contributed by atoms with van der Waals surface area (Å²) in [6, 6.07) is 11.8. The molecule has 38 heavy (non-hydrogen) atoms. The van der Waals surface area contributed by atoms with Crippen LogP contribution in [-0.2, 0) is 5.54 Å². The van der Waals surface area contributed by atoms with Crippen molar-refractivity contribution in [2.75, 3.05) is 31.1 Å². The van der Waals surface area contributed by atoms with Crippen LogP contribution in [0.3, 0.4) is 0 Å². The first-order chi connectivity index (χ1) is 18.1. The van der Waals surface area contributed by atoms with Crippen molar-refractivity contribution in [1.82, 2.24) is 30.1 Å². The van der Waals surface area contributed by atoms with Gasteiger partial charge in [0, 0.05) is 47.8 Å². The fourth-order valence-electron chi connectivity index (χ4n) is 5.38. The summed E-state index contributed by atoms with van der Waals surface area (Å²) in [7, 11) is 0. The number of aryl methyl sites for hydroxylation is 3. The van der Waals surface area contributed by atoms with Crippen molar-refractivity contribution in [1.29, 1.82) is 0 Å². The average Bonchev–Trinajstić information content (AvgIpc) is 3.39. The molecule has 2 aromatic carbocycles. The van der Waals surface area contributed by atoms with E-state index in [4.69, 9.17) is 11.6 Å². The molecule has 1 N–H and O–H groups in total. The van der Waals surface area contributed by atoms with Gasteiger partial charge in [0.2, 0.25) is 0 Å². The molecule has 1 atom stereocenters. The lowest BCUT2D eigenvalue weighted by Gasteiger charge is -2.40. The molecule has 0 aliphatic carbocycles. The van der Waals surface area contributed by atoms with E-state index in [1.807, 2.05) is 35.9 Å². The molecule has 0 amide bonds. The molecule has 1 unspecified atom stereocenters. The Morgan fingerprint density at radius 1 is 1.00 bits per heavy atom. The highest BCUT2D eigenvalue weighted by atomic mass is 35.5. The highest BCUT2D eigenvalue weighted by molar-refractivity contribution is 6.30. The van der Waals surface area contributed by atoms with Gasteiger partial charge in [-0.1, -0.05) is 36.7 Å². The van der Waals surface area contributed by atoms with Gasteiger partial charge in [0.1, 0.15) is 6.04 Å². The average molecular weight is 534 g/mol. The van der Waals surface area contributed by atoms with Gasteiger partial charge in [-0.05, 0) is 86.4 Å². The zero-order chi connectivity index (χ0) is 27.2. The van der Waals surface area contributed by atoms with Gasteiger partial charge in [-0.25, -0.2) is 4.68 Å². The lowest BCUT2D eigenvalue weighted by Crippen LogP contribution is -2.49. The summed E-state index contributed by atoms with van der Waals surface area (Å²) in [4.78, 5) is 21.6. The third kappa shape index (κ3) is 4.71. The van der Waals surface area contributed by atoms with Crippen molar-refractivity contribution in [3.63, 3.8) is 0 Å². The zero-order valence-electron chi connectivity index (χ0n) is 23.0. The van der Waals surface area contributed by atoms with Gasteiger partial charge in [0.05, 0.1) is 11.1 Å². The van der Waals surface area contributed by atoms with E-state index in [1.165, 1.54) is 5.56 Å². The fourth-order valence-corrected chi connectivity index (χ4v) is 5.55. The minimum absolute atomic E-state index is 0.104. The van der Waals surface area contributed by atoms with Gasteiger partial charge in [-0.15, -0.1) is 5.10 Å². The number of piperazine rings is 1. The molecule has 3 heterocycles. The first-order valence-electron chi connectivity index (χ1n) is 13.3. The maximum absolute atomic E-state index is 13.7. The van der Waals surface area contributed by atoms with Crippen LogP contribution in [0.2, 0.25) is 5.02 Å². The first-order valence-corrected chi connectivity index (χ1v) is 13.7. The van der Waals surface area contributed by atoms with Crippen LogP contribution in [0.5, 0.6) is 0 Å². The highest BCUT2D eigenvalue weighted by Crippen LogP contribution is 2.33. The van der Waals surface area contributed by atoms with Gasteiger partial charge >= 0.3 is 0 Å². The molecule has 0 spiro atoms. The second kappa shape index (κ2) is 10.2. The van der Waals surface area contributed by atoms with E-state index in [2.05, 4.69) is 77.1 Å². The topological polar surface area (TPSA) is 82.9 Å². The van der Waals surface area contributed by atoms with Crippen LogP contribution in [0.25, 0.3) is 10.9 Å². The lowest BCUT2D eigenvalue weighted by atomic mass is 9.97. The number of hydrogen-bond acceptors (Lipinski definition) is 6. The number of halogens is 1. The summed E-state index contributed by atoms with van der Waals surface area (Å²) >= 11 is 6.33. The van der Waals surface area contributed by atoms with E-state index in [1.54, 1.807) is 0 Å². The number of nitrogens with zero attached hydrogens (tertiary/aromatic N) is 6. The molecule has 0 radical (unpaired) electrons. The molecule has 200 valence electrons. The Balaban J connectivity index is 1.60. The molecular formula is C29H36ClN7O. The largest absolute Gasteiger partial charge is 0.369 e. The first kappa shape index (κ1) is 26.4. The Kier molecular flexibility index (Phi) is 7.05. The summed E-state index contributed by atoms with van der Waals surface area (Å²) in [5.41, 5.74) is 5.67. The standard InChI is InChI=1S/C29H36ClN7O/c1-7-29(5,6)37-27(32-33-34-37)26(23-17-22-18(2)8-9-20(4)25(22)31-28(23)38)36-14-12-35(13-15-36)24-16-21(30)11-10-19(24)3/h8-11,16-17,26H,7,12-15H2,1-6H3,(H,31,38). The van der Waals surface area contributed by atoms with Crippen LogP contribution in [0.1, 0.15) is 61.3 Å². The van der Waals surface area contributed by atoms with Crippen LogP contribution in [0.15, 0.2) is 41.2 Å². The zero-order valence-corrected chi connectivity index (χ0v) is 23.8. The predicted molar refractivity (Wildman–Crippen MR) is 153 cm³/mol. The Hall–Kier alpha value is -3.23. The molecule has 4 aromatic rings. The Bertz CT molecular complexity index is 1530. The van der Waals surface area contributed by atoms with Crippen LogP contribution in [-0.4, -0.2) is 56.3 Å². The maximum Gasteiger partial charge on any atom is 0.253 e. The molecular weight excluding hydrogens is 498 g/mol. The summed E-state index contributed by atoms with van der Waals surface area (Å²) in [5.74, 6) is 0.694. The second-order valence-corrected chi connectivity index (χ2v) is 11.4. The number of anilines is 1. The van der Waals surface area contributed by atoms with Gasteiger partial charge in [-0.3, -0.25) is 9.69 Å². The number of H-pyrrole nitrogens is 1. The van der Waals surface area contributed by atoms with Crippen LogP contribution < -0.4 is 10.5 Å². The third-order valence-electron chi connectivity index (χ3n) is 8.14. The molecule has 9 heteroatoms. The van der Waals surface area contributed by atoms with Crippen molar-refractivity contribution in [3.05, 3.63) is 79.9 Å². The molecule has 8 nitrogen and oxygen atoms in total. The molecule has 1 aliphatic rings. The van der Waals surface area contributed by atoms with E-state index < -0.39 is 0 Å². The molecule has 2 aromatic heterocycles. The van der Waals surface area contributed by atoms with E-state index in [-0.39, 0.29) is 17.1 Å². The molecule has 0 bridgehead atoms. The fraction of sp³-hybridized carbons (Fsp3) is 0.448. The molecule has 0 saturated carbocycles. The van der Waals surface area contributed by atoms with Crippen molar-refractivity contribution in [2.45, 2.75) is 59.5 Å². The van der Waals surface area contributed by atoms with Crippen LogP contribution in [0, 0.1) is 20.8 Å². The number of tetrazole rings is 1. The number of aromatic amines is 1. The minimum atomic E-state index is -0.383. The smallest absolute Gasteiger partial charge is 0.253 e. The summed E-state index contributed by atoms with van der Waals surface area (Å²) in [5, 5.41) is 14.8. The van der Waals surface area contributed by atoms with Crippen molar-refractivity contribution < 1.29 is 0 Å². The molecule has 1 fully saturated rings. The summed E-state index contributed by atoms with van der Waals surface area (Å²) in [6.07, 6.45) is 0.853. The van der Waals surface area contributed by atoms with Crippen molar-refractivity contribution in [3.8, 4) is 0 Å². The normalized spacial score (nSPS) is 15.8. The second-order valence-electron chi connectivity index (χ2n) is 11.0. The van der Waals surface area contributed by atoms with Crippen LogP contribution >= 0.6 is 11.6 Å². The van der Waals surface area contributed by atoms with Crippen LogP contribution in [0.4, 0.5) is 5.69 Å². The van der Waals surface area contributed by atoms with Gasteiger partial charge in [0.15, 0.2) is 5.82 Å². The lowest BCUT2D eigenvalue weighted by molar-refractivity contribution is 0.186. The van der Waals surface area contributed by atoms with Gasteiger partial charge in [-0.2, -0.15) is 0 Å². The molecule has 1 saturated heterocycles. The van der Waals surface area contributed by atoms with Crippen molar-refractivity contribution in [2.24, 2.45) is 0 Å². The number of pyridine rings is 1. The number of fused-ring (bicyclic) bond motifs is 1. The van der Waals surface area contributed by atoms with E-state index in [0.717, 1.165) is 65.3 Å². The Morgan fingerprint density at radius 3 is 2.39 bits per heavy atom. The quantitative estimate of drug-likeness (QED) is 0.369. The van der Waals surface area contributed by atoms with E-state index in [9.17, 15) is 4.79 Å². The monoisotopic (exact) mass is 533 g/mol. The number of hydrogen-bond donors (Lipinski definition) is 1. The summed E-state index contributed by atoms with van der Waals surface area (Å²) < 4.78 is 1.90. The number of aromatic nitrogens is 5. The van der Waals surface area contributed by atoms with E-state index >= 15 is 0 Å². The Morgan fingerprint density at radius 2 is 1.68 bits per heavy atom. The number of benzene rings is 2. The van der Waals surface area contributed by atoms with E-state index in [0.29, 0.717) is 11.4 Å². The SMILES string of the molecule is CCC(C)(C)n1nnnc1C(c1cc2c(C)ccc(C)c2[nH]c1=O)N1CCN(c2cc(Cl)ccc2C)CC1. The molecule has 1 aliphatic heterocycles. The minimum Gasteiger partial charge on any atom is -0.369 e. The van der Waals surface area contributed by atoms with Gasteiger partial charge < -0.3 is 9.88 Å². The number of nitrogens with one attached hydrogen (secondary N) is 1. The highest BCUT2D eigenvalue weighted by Gasteiger charge is 2.36. The van der Waals surface area contributed by atoms with Crippen molar-refractivity contribution >= 4 is 28.2 Å². The maximum atomic E-state index is 13.7.